The normalized spacial score (nSPS) is 11.2. The Balaban J connectivity index is 2.40. The Hall–Kier alpha value is -1.86. The zero-order valence-corrected chi connectivity index (χ0v) is 12.6. The van der Waals surface area contributed by atoms with Gasteiger partial charge in [-0.3, -0.25) is 4.72 Å². The summed E-state index contributed by atoms with van der Waals surface area (Å²) in [7, 11) is -3.94. The Morgan fingerprint density at radius 1 is 1.38 bits per heavy atom. The van der Waals surface area contributed by atoms with Crippen molar-refractivity contribution in [3.05, 3.63) is 47.5 Å². The van der Waals surface area contributed by atoms with Gasteiger partial charge in [0.05, 0.1) is 12.3 Å². The topological polar surface area (TPSA) is 68.3 Å². The first-order chi connectivity index (χ1) is 9.94. The third-order valence-electron chi connectivity index (χ3n) is 2.50. The first-order valence-electron chi connectivity index (χ1n) is 5.99. The Bertz CT molecular complexity index is 753. The molecule has 112 valence electrons. The van der Waals surface area contributed by atoms with Crippen LogP contribution in [0.3, 0.4) is 0 Å². The van der Waals surface area contributed by atoms with E-state index >= 15 is 0 Å². The van der Waals surface area contributed by atoms with Crippen LogP contribution in [0, 0.1) is 5.82 Å². The Morgan fingerprint density at radius 3 is 2.81 bits per heavy atom. The van der Waals surface area contributed by atoms with Gasteiger partial charge < -0.3 is 4.74 Å². The summed E-state index contributed by atoms with van der Waals surface area (Å²) in [5.74, 6) is -0.429. The van der Waals surface area contributed by atoms with E-state index in [1.54, 1.807) is 6.92 Å². The van der Waals surface area contributed by atoms with E-state index in [-0.39, 0.29) is 28.1 Å². The average Bonchev–Trinajstić information content (AvgIpc) is 2.42. The number of ether oxygens (including phenoxy) is 1. The highest BCUT2D eigenvalue weighted by Crippen LogP contribution is 2.29. The predicted octanol–water partition coefficient (Wildman–Crippen LogP) is 3.07. The first kappa shape index (κ1) is 15.5. The minimum absolute atomic E-state index is 0.0982. The molecule has 0 saturated heterocycles. The van der Waals surface area contributed by atoms with E-state index in [0.717, 1.165) is 12.1 Å². The van der Waals surface area contributed by atoms with Crippen LogP contribution in [0.2, 0.25) is 5.15 Å². The molecule has 0 amide bonds. The smallest absolute Gasteiger partial charge is 0.265 e. The summed E-state index contributed by atoms with van der Waals surface area (Å²) in [6.45, 7) is 1.98. The van der Waals surface area contributed by atoms with Gasteiger partial charge in [-0.2, -0.15) is 0 Å². The van der Waals surface area contributed by atoms with Crippen LogP contribution in [-0.4, -0.2) is 20.0 Å². The van der Waals surface area contributed by atoms with Gasteiger partial charge in [-0.1, -0.05) is 11.6 Å². The lowest BCUT2D eigenvalue weighted by Crippen LogP contribution is -2.15. The third kappa shape index (κ3) is 3.62. The van der Waals surface area contributed by atoms with Gasteiger partial charge in [0.2, 0.25) is 0 Å². The van der Waals surface area contributed by atoms with Crippen LogP contribution in [0.5, 0.6) is 5.75 Å². The molecule has 8 heteroatoms. The second-order valence-corrected chi connectivity index (χ2v) is 5.98. The lowest BCUT2D eigenvalue weighted by Gasteiger charge is -2.13. The highest BCUT2D eigenvalue weighted by molar-refractivity contribution is 7.92. The van der Waals surface area contributed by atoms with E-state index in [1.807, 2.05) is 0 Å². The van der Waals surface area contributed by atoms with Crippen molar-refractivity contribution in [2.24, 2.45) is 0 Å². The Labute approximate surface area is 126 Å². The molecule has 1 aromatic heterocycles. The summed E-state index contributed by atoms with van der Waals surface area (Å²) in [6, 6.07) is 6.29. The second-order valence-electron chi connectivity index (χ2n) is 3.97. The van der Waals surface area contributed by atoms with Gasteiger partial charge in [-0.05, 0) is 31.2 Å². The molecule has 0 spiro atoms. The van der Waals surface area contributed by atoms with Crippen molar-refractivity contribution in [2.45, 2.75) is 11.8 Å². The monoisotopic (exact) mass is 330 g/mol. The Morgan fingerprint density at radius 2 is 2.14 bits per heavy atom. The summed E-state index contributed by atoms with van der Waals surface area (Å²) >= 11 is 5.78. The molecule has 0 atom stereocenters. The molecule has 0 radical (unpaired) electrons. The maximum Gasteiger partial charge on any atom is 0.265 e. The van der Waals surface area contributed by atoms with E-state index < -0.39 is 15.8 Å². The highest BCUT2D eigenvalue weighted by Gasteiger charge is 2.20. The van der Waals surface area contributed by atoms with E-state index in [4.69, 9.17) is 16.3 Å². The lowest BCUT2D eigenvalue weighted by molar-refractivity contribution is 0.340. The maximum absolute atomic E-state index is 13.2. The molecule has 5 nitrogen and oxygen atoms in total. The molecule has 0 aliphatic carbocycles. The molecule has 0 bridgehead atoms. The molecule has 0 aliphatic heterocycles. The van der Waals surface area contributed by atoms with Crippen molar-refractivity contribution in [1.29, 1.82) is 0 Å². The molecule has 0 saturated carbocycles. The van der Waals surface area contributed by atoms with Gasteiger partial charge in [0, 0.05) is 12.3 Å². The second kappa shape index (κ2) is 6.28. The third-order valence-corrected chi connectivity index (χ3v) is 4.31. The number of rotatable bonds is 5. The van der Waals surface area contributed by atoms with Crippen molar-refractivity contribution in [3.63, 3.8) is 0 Å². The largest absolute Gasteiger partial charge is 0.492 e. The van der Waals surface area contributed by atoms with Crippen molar-refractivity contribution in [3.8, 4) is 5.75 Å². The summed E-state index contributed by atoms with van der Waals surface area (Å²) in [4.78, 5) is 3.55. The molecule has 2 rings (SSSR count). The van der Waals surface area contributed by atoms with Gasteiger partial charge >= 0.3 is 0 Å². The van der Waals surface area contributed by atoms with Crippen molar-refractivity contribution in [1.82, 2.24) is 4.98 Å². The molecular weight excluding hydrogens is 319 g/mol. The molecule has 1 heterocycles. The molecule has 0 unspecified atom stereocenters. The summed E-state index contributed by atoms with van der Waals surface area (Å²) in [5, 5.41) is -0.148. The number of pyridine rings is 1. The van der Waals surface area contributed by atoms with Crippen LogP contribution in [0.1, 0.15) is 6.92 Å². The summed E-state index contributed by atoms with van der Waals surface area (Å²) in [6.07, 6.45) is 1.38. The highest BCUT2D eigenvalue weighted by atomic mass is 35.5. The number of nitrogens with zero attached hydrogens (tertiary/aromatic N) is 1. The number of hydrogen-bond donors (Lipinski definition) is 1. The fourth-order valence-corrected chi connectivity index (χ4v) is 3.15. The van der Waals surface area contributed by atoms with Crippen LogP contribution in [0.15, 0.2) is 41.4 Å². The molecule has 1 N–H and O–H groups in total. The summed E-state index contributed by atoms with van der Waals surface area (Å²) in [5.41, 5.74) is 0.123. The van der Waals surface area contributed by atoms with Gasteiger partial charge in [0.15, 0.2) is 0 Å². The number of aromatic nitrogens is 1. The molecule has 0 aliphatic rings. The number of anilines is 1. The fraction of sp³-hybridized carbons (Fsp3) is 0.154. The van der Waals surface area contributed by atoms with Gasteiger partial charge in [-0.25, -0.2) is 17.8 Å². The number of nitrogens with one attached hydrogen (secondary N) is 1. The van der Waals surface area contributed by atoms with Gasteiger partial charge in [0.1, 0.15) is 21.6 Å². The van der Waals surface area contributed by atoms with Crippen LogP contribution in [-0.2, 0) is 10.0 Å². The minimum Gasteiger partial charge on any atom is -0.492 e. The van der Waals surface area contributed by atoms with Crippen LogP contribution in [0.4, 0.5) is 10.1 Å². The number of hydrogen-bond acceptors (Lipinski definition) is 4. The van der Waals surface area contributed by atoms with E-state index in [2.05, 4.69) is 9.71 Å². The quantitative estimate of drug-likeness (QED) is 0.855. The minimum atomic E-state index is -3.94. The van der Waals surface area contributed by atoms with E-state index in [0.29, 0.717) is 0 Å². The molecular formula is C13H12ClFN2O3S. The first-order valence-corrected chi connectivity index (χ1v) is 7.86. The number of halogens is 2. The maximum atomic E-state index is 13.2. The van der Waals surface area contributed by atoms with Crippen LogP contribution >= 0.6 is 11.6 Å². The zero-order chi connectivity index (χ0) is 15.5. The molecule has 0 fully saturated rings. The standard InChI is InChI=1S/C13H12ClFN2O3S/c1-2-20-11-8-9(15)5-6-10(11)17-21(18,19)12-4-3-7-16-13(12)14/h3-8,17H,2H2,1H3. The summed E-state index contributed by atoms with van der Waals surface area (Å²) < 4.78 is 45.3. The van der Waals surface area contributed by atoms with Gasteiger partial charge in [0.25, 0.3) is 10.0 Å². The fourth-order valence-electron chi connectivity index (χ4n) is 1.63. The van der Waals surface area contributed by atoms with E-state index in [1.165, 1.54) is 24.4 Å². The molecule has 2 aromatic rings. The molecule has 1 aromatic carbocycles. The number of sulfonamides is 1. The Kier molecular flexibility index (Phi) is 4.64. The molecule has 21 heavy (non-hydrogen) atoms. The zero-order valence-electron chi connectivity index (χ0n) is 11.0. The number of benzene rings is 1. The SMILES string of the molecule is CCOc1cc(F)ccc1NS(=O)(=O)c1cccnc1Cl. The van der Waals surface area contributed by atoms with Crippen LogP contribution < -0.4 is 9.46 Å². The van der Waals surface area contributed by atoms with E-state index in [9.17, 15) is 12.8 Å². The van der Waals surface area contributed by atoms with Crippen molar-refractivity contribution in [2.75, 3.05) is 11.3 Å². The van der Waals surface area contributed by atoms with Crippen LogP contribution in [0.25, 0.3) is 0 Å². The average molecular weight is 331 g/mol. The lowest BCUT2D eigenvalue weighted by atomic mass is 10.3. The van der Waals surface area contributed by atoms with Crippen molar-refractivity contribution < 1.29 is 17.5 Å². The van der Waals surface area contributed by atoms with Crippen molar-refractivity contribution >= 4 is 27.3 Å². The predicted molar refractivity (Wildman–Crippen MR) is 77.6 cm³/mol. The van der Waals surface area contributed by atoms with Gasteiger partial charge in [-0.15, -0.1) is 0 Å².